The number of hydrogen-bond acceptors (Lipinski definition) is 6. The van der Waals surface area contributed by atoms with E-state index >= 15 is 0 Å². The van der Waals surface area contributed by atoms with E-state index in [1.54, 1.807) is 24.3 Å². The van der Waals surface area contributed by atoms with Gasteiger partial charge in [-0.1, -0.05) is 37.1 Å². The fourth-order valence-electron chi connectivity index (χ4n) is 3.39. The third-order valence-corrected chi connectivity index (χ3v) is 5.35. The number of nitrogens with one attached hydrogen (secondary N) is 1. The summed E-state index contributed by atoms with van der Waals surface area (Å²) in [5.74, 6) is 0.0194. The molecule has 9 heteroatoms. The van der Waals surface area contributed by atoms with Crippen LogP contribution in [0.5, 0.6) is 11.5 Å². The fraction of sp³-hybridized carbons (Fsp3) is 0.273. The number of aromatic hydroxyl groups is 1. The number of nitro benzene ring substituents is 1. The largest absolute Gasteiger partial charge is 0.505 e. The molecular weight excluding hydrogens is 422 g/mol. The van der Waals surface area contributed by atoms with Gasteiger partial charge < -0.3 is 15.2 Å². The molecule has 0 aliphatic carbocycles. The zero-order valence-electron chi connectivity index (χ0n) is 17.1. The zero-order valence-corrected chi connectivity index (χ0v) is 17.8. The number of pyridine rings is 1. The maximum absolute atomic E-state index is 12.6. The molecule has 1 amide bonds. The van der Waals surface area contributed by atoms with Gasteiger partial charge in [-0.05, 0) is 36.2 Å². The summed E-state index contributed by atoms with van der Waals surface area (Å²) in [5, 5.41) is 25.6. The Morgan fingerprint density at radius 2 is 2.03 bits per heavy atom. The second kappa shape index (κ2) is 9.61. The van der Waals surface area contributed by atoms with Gasteiger partial charge in [0.05, 0.1) is 23.5 Å². The fourth-order valence-corrected chi connectivity index (χ4v) is 3.76. The average molecular weight is 444 g/mol. The monoisotopic (exact) mass is 443 g/mol. The number of halogens is 1. The van der Waals surface area contributed by atoms with Gasteiger partial charge in [0.25, 0.3) is 5.69 Å². The van der Waals surface area contributed by atoms with Crippen molar-refractivity contribution in [2.45, 2.75) is 32.2 Å². The summed E-state index contributed by atoms with van der Waals surface area (Å²) in [5.41, 5.74) is 0.260. The van der Waals surface area contributed by atoms with Crippen LogP contribution in [-0.4, -0.2) is 28.0 Å². The van der Waals surface area contributed by atoms with Gasteiger partial charge in [-0.25, -0.2) is 0 Å². The first-order valence-electron chi connectivity index (χ1n) is 9.75. The van der Waals surface area contributed by atoms with Gasteiger partial charge in [-0.3, -0.25) is 19.9 Å². The number of amides is 1. The molecule has 1 atom stereocenters. The Morgan fingerprint density at radius 1 is 1.32 bits per heavy atom. The molecule has 0 saturated carbocycles. The minimum atomic E-state index is -0.923. The molecule has 0 aliphatic heterocycles. The number of nitro groups is 1. The molecule has 1 aromatic heterocycles. The number of hydrogen-bond donors (Lipinski definition) is 2. The van der Waals surface area contributed by atoms with E-state index < -0.39 is 11.0 Å². The van der Waals surface area contributed by atoms with Crippen molar-refractivity contribution in [1.82, 2.24) is 10.3 Å². The van der Waals surface area contributed by atoms with Crippen LogP contribution in [0.15, 0.2) is 42.6 Å². The molecule has 0 saturated heterocycles. The van der Waals surface area contributed by atoms with E-state index in [-0.39, 0.29) is 45.3 Å². The van der Waals surface area contributed by atoms with E-state index in [1.165, 1.54) is 25.4 Å². The van der Waals surface area contributed by atoms with Crippen LogP contribution in [-0.2, 0) is 4.79 Å². The van der Waals surface area contributed by atoms with Crippen molar-refractivity contribution in [3.63, 3.8) is 0 Å². The van der Waals surface area contributed by atoms with Crippen LogP contribution < -0.4 is 10.1 Å². The number of phenols is 1. The van der Waals surface area contributed by atoms with Crippen LogP contribution in [0.25, 0.3) is 10.9 Å². The molecule has 3 rings (SSSR count). The molecule has 0 aliphatic rings. The Balaban J connectivity index is 2.24. The quantitative estimate of drug-likeness (QED) is 0.377. The van der Waals surface area contributed by atoms with Crippen LogP contribution in [0.2, 0.25) is 5.02 Å². The molecule has 31 heavy (non-hydrogen) atoms. The number of phenolic OH excluding ortho intramolecular Hbond substituents is 1. The molecule has 0 spiro atoms. The van der Waals surface area contributed by atoms with Crippen LogP contribution in [0.1, 0.15) is 43.4 Å². The average Bonchev–Trinajstić information content (AvgIpc) is 2.77. The number of carbonyl (C=O) groups is 1. The van der Waals surface area contributed by atoms with Crippen molar-refractivity contribution in [2.75, 3.05) is 7.11 Å². The van der Waals surface area contributed by atoms with E-state index in [0.717, 1.165) is 6.42 Å². The van der Waals surface area contributed by atoms with Crippen molar-refractivity contribution < 1.29 is 19.6 Å². The Bertz CT molecular complexity index is 1120. The molecule has 8 nitrogen and oxygen atoms in total. The van der Waals surface area contributed by atoms with E-state index in [4.69, 9.17) is 16.3 Å². The van der Waals surface area contributed by atoms with Crippen molar-refractivity contribution >= 4 is 34.1 Å². The van der Waals surface area contributed by atoms with Gasteiger partial charge in [0.1, 0.15) is 22.0 Å². The van der Waals surface area contributed by atoms with Gasteiger partial charge in [0, 0.05) is 18.2 Å². The molecule has 1 heterocycles. The van der Waals surface area contributed by atoms with Crippen LogP contribution in [0.4, 0.5) is 5.69 Å². The van der Waals surface area contributed by atoms with E-state index in [9.17, 15) is 20.0 Å². The number of methoxy groups -OCH3 is 1. The topological polar surface area (TPSA) is 115 Å². The summed E-state index contributed by atoms with van der Waals surface area (Å²) in [4.78, 5) is 27.9. The summed E-state index contributed by atoms with van der Waals surface area (Å²) in [6.07, 6.45) is 3.21. The maximum Gasteiger partial charge on any atom is 0.297 e. The van der Waals surface area contributed by atoms with Crippen LogP contribution >= 0.6 is 11.6 Å². The lowest BCUT2D eigenvalue weighted by Gasteiger charge is -2.23. The Kier molecular flexibility index (Phi) is 6.91. The summed E-state index contributed by atoms with van der Waals surface area (Å²) in [7, 11) is 1.53. The predicted molar refractivity (Wildman–Crippen MR) is 118 cm³/mol. The van der Waals surface area contributed by atoms with Gasteiger partial charge in [-0.15, -0.1) is 0 Å². The molecule has 0 bridgehead atoms. The molecule has 3 aromatic rings. The first kappa shape index (κ1) is 22.3. The van der Waals surface area contributed by atoms with E-state index in [2.05, 4.69) is 10.3 Å². The van der Waals surface area contributed by atoms with Gasteiger partial charge in [0.15, 0.2) is 0 Å². The highest BCUT2D eigenvalue weighted by atomic mass is 35.5. The van der Waals surface area contributed by atoms with E-state index in [1.807, 2.05) is 6.92 Å². The smallest absolute Gasteiger partial charge is 0.297 e. The lowest BCUT2D eigenvalue weighted by molar-refractivity contribution is -0.383. The van der Waals surface area contributed by atoms with Crippen LogP contribution in [0, 0.1) is 10.1 Å². The molecule has 2 aromatic carbocycles. The zero-order chi connectivity index (χ0) is 22.5. The highest BCUT2D eigenvalue weighted by Crippen LogP contribution is 2.46. The number of ether oxygens (including phenoxy) is 1. The number of benzene rings is 2. The Hall–Kier alpha value is -3.39. The SMILES string of the molecule is CCCCC(=O)NC(c1ccc(OC)cc1)c1c(Cl)c([N+](=O)[O-])c2cccnc2c1O. The van der Waals surface area contributed by atoms with Crippen molar-refractivity contribution in [2.24, 2.45) is 0 Å². The Labute approximate surface area is 184 Å². The second-order valence-electron chi connectivity index (χ2n) is 6.96. The third kappa shape index (κ3) is 4.54. The molecule has 1 unspecified atom stereocenters. The van der Waals surface area contributed by atoms with Gasteiger partial charge >= 0.3 is 0 Å². The standard InChI is InChI=1S/C22H22ClN3O5/c1-3-4-7-16(27)25-19(13-8-10-14(31-2)11-9-13)17-18(23)21(26(29)30)15-6-5-12-24-20(15)22(17)28/h5-6,8-12,19,28H,3-4,7H2,1-2H3,(H,25,27). The van der Waals surface area contributed by atoms with Crippen molar-refractivity contribution in [1.29, 1.82) is 0 Å². The molecule has 162 valence electrons. The van der Waals surface area contributed by atoms with E-state index in [0.29, 0.717) is 17.7 Å². The minimum Gasteiger partial charge on any atom is -0.505 e. The highest BCUT2D eigenvalue weighted by molar-refractivity contribution is 6.35. The summed E-state index contributed by atoms with van der Waals surface area (Å²) in [6, 6.07) is 8.86. The number of aromatic nitrogens is 1. The van der Waals surface area contributed by atoms with Gasteiger partial charge in [-0.2, -0.15) is 0 Å². The van der Waals surface area contributed by atoms with Gasteiger partial charge in [0.2, 0.25) is 5.91 Å². The number of unbranched alkanes of at least 4 members (excludes halogenated alkanes) is 1. The van der Waals surface area contributed by atoms with Crippen molar-refractivity contribution in [3.05, 3.63) is 68.9 Å². The summed E-state index contributed by atoms with van der Waals surface area (Å²) in [6.45, 7) is 1.97. The van der Waals surface area contributed by atoms with Crippen molar-refractivity contribution in [3.8, 4) is 11.5 Å². The lowest BCUT2D eigenvalue weighted by Crippen LogP contribution is -2.29. The number of rotatable bonds is 8. The molecular formula is C22H22ClN3O5. The first-order chi connectivity index (χ1) is 14.9. The second-order valence-corrected chi connectivity index (χ2v) is 7.34. The molecule has 2 N–H and O–H groups in total. The normalized spacial score (nSPS) is 11.8. The minimum absolute atomic E-state index is 0.0228. The summed E-state index contributed by atoms with van der Waals surface area (Å²) < 4.78 is 5.18. The molecule has 0 fully saturated rings. The number of nitrogens with zero attached hydrogens (tertiary/aromatic N) is 2. The summed E-state index contributed by atoms with van der Waals surface area (Å²) >= 11 is 6.47. The third-order valence-electron chi connectivity index (χ3n) is 4.97. The molecule has 0 radical (unpaired) electrons. The number of carbonyl (C=O) groups excluding carboxylic acids is 1. The first-order valence-corrected chi connectivity index (χ1v) is 10.1. The number of fused-ring (bicyclic) bond motifs is 1. The predicted octanol–water partition coefficient (Wildman–Crippen LogP) is 4.91. The van der Waals surface area contributed by atoms with Crippen LogP contribution in [0.3, 0.4) is 0 Å². The lowest BCUT2D eigenvalue weighted by atomic mass is 9.94. The highest BCUT2D eigenvalue weighted by Gasteiger charge is 2.32. The maximum atomic E-state index is 12.6. The Morgan fingerprint density at radius 3 is 2.65 bits per heavy atom.